The molecule has 0 amide bonds. The molecule has 0 unspecified atom stereocenters. The van der Waals surface area contributed by atoms with Crippen LogP contribution >= 0.6 is 0 Å². The summed E-state index contributed by atoms with van der Waals surface area (Å²) in [6, 6.07) is 4.16. The van der Waals surface area contributed by atoms with Crippen molar-refractivity contribution in [3.05, 3.63) is 29.3 Å². The van der Waals surface area contributed by atoms with Crippen LogP contribution in [0.1, 0.15) is 15.9 Å². The van der Waals surface area contributed by atoms with Gasteiger partial charge in [0, 0.05) is 5.56 Å². The average Bonchev–Trinajstić information content (AvgIpc) is 2.30. The van der Waals surface area contributed by atoms with E-state index in [1.54, 1.807) is 0 Å². The Morgan fingerprint density at radius 3 is 2.50 bits per heavy atom. The Morgan fingerprint density at radius 2 is 1.94 bits per heavy atom. The molecule has 0 fully saturated rings. The van der Waals surface area contributed by atoms with Crippen LogP contribution in [-0.2, 0) is 20.7 Å². The molecule has 0 radical (unpaired) electrons. The molecule has 1 rings (SSSR count). The Kier molecular flexibility index (Phi) is 3.88. The molecule has 86 valence electrons. The number of phenolic OH excluding ortho intramolecular Hbond substituents is 1. The molecule has 1 aromatic carbocycles. The fraction of sp³-hybridized carbons (Fsp3) is 0.273. The second kappa shape index (κ2) is 5.16. The summed E-state index contributed by atoms with van der Waals surface area (Å²) in [7, 11) is 2.51. The van der Waals surface area contributed by atoms with Crippen LogP contribution in [0.5, 0.6) is 5.75 Å². The molecule has 1 aromatic rings. The van der Waals surface area contributed by atoms with E-state index in [9.17, 15) is 14.7 Å². The number of methoxy groups -OCH3 is 2. The van der Waals surface area contributed by atoms with Crippen LogP contribution in [-0.4, -0.2) is 31.3 Å². The van der Waals surface area contributed by atoms with Crippen LogP contribution in [0.25, 0.3) is 0 Å². The molecule has 0 aromatic heterocycles. The molecular formula is C11H12O5. The normalized spacial score (nSPS) is 9.62. The molecular weight excluding hydrogens is 212 g/mol. The number of hydrogen-bond donors (Lipinski definition) is 1. The minimum absolute atomic E-state index is 0.0574. The van der Waals surface area contributed by atoms with Crippen molar-refractivity contribution in [1.82, 2.24) is 0 Å². The largest absolute Gasteiger partial charge is 0.508 e. The minimum atomic E-state index is -0.522. The Bertz CT molecular complexity index is 411. The van der Waals surface area contributed by atoms with Crippen molar-refractivity contribution >= 4 is 11.9 Å². The maximum atomic E-state index is 11.2. The van der Waals surface area contributed by atoms with Crippen LogP contribution in [0.4, 0.5) is 0 Å². The first-order valence-corrected chi connectivity index (χ1v) is 4.55. The van der Waals surface area contributed by atoms with Gasteiger partial charge in [-0.25, -0.2) is 4.79 Å². The van der Waals surface area contributed by atoms with Crippen molar-refractivity contribution in [2.75, 3.05) is 14.2 Å². The van der Waals surface area contributed by atoms with Crippen LogP contribution < -0.4 is 0 Å². The zero-order chi connectivity index (χ0) is 12.1. The summed E-state index contributed by atoms with van der Waals surface area (Å²) >= 11 is 0. The lowest BCUT2D eigenvalue weighted by molar-refractivity contribution is -0.139. The minimum Gasteiger partial charge on any atom is -0.508 e. The molecule has 1 N–H and O–H groups in total. The van der Waals surface area contributed by atoms with Gasteiger partial charge in [0.25, 0.3) is 0 Å². The van der Waals surface area contributed by atoms with Gasteiger partial charge < -0.3 is 14.6 Å². The lowest BCUT2D eigenvalue weighted by Gasteiger charge is -2.05. The monoisotopic (exact) mass is 224 g/mol. The van der Waals surface area contributed by atoms with Crippen molar-refractivity contribution in [3.8, 4) is 5.75 Å². The predicted molar refractivity (Wildman–Crippen MR) is 55.2 cm³/mol. The number of aromatic hydroxyl groups is 1. The molecule has 0 aliphatic carbocycles. The van der Waals surface area contributed by atoms with Crippen molar-refractivity contribution in [2.24, 2.45) is 0 Å². The molecule has 5 heteroatoms. The second-order valence-electron chi connectivity index (χ2n) is 3.09. The van der Waals surface area contributed by atoms with E-state index < -0.39 is 11.9 Å². The SMILES string of the molecule is COC(=O)Cc1cc(C(=O)OC)ccc1O. The first-order valence-electron chi connectivity index (χ1n) is 4.55. The van der Waals surface area contributed by atoms with Gasteiger partial charge in [-0.3, -0.25) is 4.79 Å². The zero-order valence-electron chi connectivity index (χ0n) is 9.02. The molecule has 16 heavy (non-hydrogen) atoms. The van der Waals surface area contributed by atoms with Gasteiger partial charge in [-0.05, 0) is 18.2 Å². The van der Waals surface area contributed by atoms with Gasteiger partial charge in [-0.2, -0.15) is 0 Å². The maximum Gasteiger partial charge on any atom is 0.337 e. The number of carbonyl (C=O) groups excluding carboxylic acids is 2. The van der Waals surface area contributed by atoms with Gasteiger partial charge in [0.2, 0.25) is 0 Å². The zero-order valence-corrected chi connectivity index (χ0v) is 9.02. The van der Waals surface area contributed by atoms with Gasteiger partial charge in [-0.1, -0.05) is 0 Å². The Morgan fingerprint density at radius 1 is 1.25 bits per heavy atom. The molecule has 0 saturated carbocycles. The highest BCUT2D eigenvalue weighted by Crippen LogP contribution is 2.19. The quantitative estimate of drug-likeness (QED) is 0.772. The van der Waals surface area contributed by atoms with Gasteiger partial charge >= 0.3 is 11.9 Å². The third-order valence-electron chi connectivity index (χ3n) is 2.06. The molecule has 0 aliphatic rings. The van der Waals surface area contributed by atoms with Crippen molar-refractivity contribution in [2.45, 2.75) is 6.42 Å². The van der Waals surface area contributed by atoms with E-state index >= 15 is 0 Å². The van der Waals surface area contributed by atoms with E-state index in [0.29, 0.717) is 5.56 Å². The summed E-state index contributed by atoms with van der Waals surface area (Å²) in [6.07, 6.45) is -0.0901. The van der Waals surface area contributed by atoms with Gasteiger partial charge in [-0.15, -0.1) is 0 Å². The summed E-state index contributed by atoms with van der Waals surface area (Å²) in [5.41, 5.74) is 0.606. The molecule has 0 heterocycles. The Hall–Kier alpha value is -2.04. The van der Waals surface area contributed by atoms with Crippen LogP contribution in [0.3, 0.4) is 0 Å². The number of benzene rings is 1. The molecule has 0 aliphatic heterocycles. The molecule has 5 nitrogen and oxygen atoms in total. The first kappa shape index (κ1) is 12.0. The van der Waals surface area contributed by atoms with E-state index in [1.165, 1.54) is 32.4 Å². The van der Waals surface area contributed by atoms with E-state index in [-0.39, 0.29) is 17.7 Å². The fourth-order valence-corrected chi connectivity index (χ4v) is 1.20. The molecule has 0 atom stereocenters. The van der Waals surface area contributed by atoms with Gasteiger partial charge in [0.05, 0.1) is 26.2 Å². The smallest absolute Gasteiger partial charge is 0.337 e. The van der Waals surface area contributed by atoms with Crippen molar-refractivity contribution in [3.63, 3.8) is 0 Å². The van der Waals surface area contributed by atoms with Crippen LogP contribution in [0.15, 0.2) is 18.2 Å². The van der Waals surface area contributed by atoms with E-state index in [2.05, 4.69) is 9.47 Å². The van der Waals surface area contributed by atoms with Gasteiger partial charge in [0.1, 0.15) is 5.75 Å². The van der Waals surface area contributed by atoms with Crippen molar-refractivity contribution in [1.29, 1.82) is 0 Å². The summed E-state index contributed by atoms with van der Waals surface area (Å²) in [5, 5.41) is 9.47. The number of esters is 2. The highest BCUT2D eigenvalue weighted by molar-refractivity contribution is 5.90. The lowest BCUT2D eigenvalue weighted by Crippen LogP contribution is -2.07. The standard InChI is InChI=1S/C11H12O5/c1-15-10(13)6-8-5-7(11(14)16-2)3-4-9(8)12/h3-5,12H,6H2,1-2H3. The number of ether oxygens (including phenoxy) is 2. The highest BCUT2D eigenvalue weighted by Gasteiger charge is 2.12. The van der Waals surface area contributed by atoms with Crippen LogP contribution in [0.2, 0.25) is 0 Å². The van der Waals surface area contributed by atoms with E-state index in [0.717, 1.165) is 0 Å². The maximum absolute atomic E-state index is 11.2. The van der Waals surface area contributed by atoms with Crippen LogP contribution in [0, 0.1) is 0 Å². The van der Waals surface area contributed by atoms with E-state index in [1.807, 2.05) is 0 Å². The third-order valence-corrected chi connectivity index (χ3v) is 2.06. The molecule has 0 spiro atoms. The topological polar surface area (TPSA) is 72.8 Å². The van der Waals surface area contributed by atoms with E-state index in [4.69, 9.17) is 0 Å². The highest BCUT2D eigenvalue weighted by atomic mass is 16.5. The third kappa shape index (κ3) is 2.73. The lowest BCUT2D eigenvalue weighted by atomic mass is 10.1. The Balaban J connectivity index is 2.99. The Labute approximate surface area is 92.6 Å². The average molecular weight is 224 g/mol. The van der Waals surface area contributed by atoms with Gasteiger partial charge in [0.15, 0.2) is 0 Å². The molecule has 0 saturated heterocycles. The summed E-state index contributed by atoms with van der Waals surface area (Å²) < 4.78 is 9.00. The predicted octanol–water partition coefficient (Wildman–Crippen LogP) is 0.894. The summed E-state index contributed by atoms with van der Waals surface area (Å²) in [5.74, 6) is -1.07. The molecule has 0 bridgehead atoms. The number of phenols is 1. The fourth-order valence-electron chi connectivity index (χ4n) is 1.20. The van der Waals surface area contributed by atoms with Crippen molar-refractivity contribution < 1.29 is 24.2 Å². The first-order chi connectivity index (χ1) is 7.58. The summed E-state index contributed by atoms with van der Waals surface area (Å²) in [6.45, 7) is 0. The second-order valence-corrected chi connectivity index (χ2v) is 3.09. The number of hydrogen-bond acceptors (Lipinski definition) is 5. The number of rotatable bonds is 3. The summed E-state index contributed by atoms with van der Waals surface area (Å²) in [4.78, 5) is 22.2. The number of carbonyl (C=O) groups is 2.